The molecule has 0 aliphatic heterocycles. The van der Waals surface area contributed by atoms with Gasteiger partial charge in [0.05, 0.1) is 22.7 Å². The zero-order valence-corrected chi connectivity index (χ0v) is 20.9. The third-order valence-corrected chi connectivity index (χ3v) is 10.1. The van der Waals surface area contributed by atoms with Crippen LogP contribution < -0.4 is 0 Å². The summed E-state index contributed by atoms with van der Waals surface area (Å²) in [7, 11) is 0. The second kappa shape index (κ2) is 7.62. The van der Waals surface area contributed by atoms with Gasteiger partial charge < -0.3 is 35.0 Å². The van der Waals surface area contributed by atoms with E-state index in [2.05, 4.69) is 0 Å². The van der Waals surface area contributed by atoms with Crippen LogP contribution in [-0.4, -0.2) is 78.7 Å². The van der Waals surface area contributed by atoms with Crippen molar-refractivity contribution in [1.82, 2.24) is 0 Å². The normalized spacial score (nSPS) is 53.4. The van der Waals surface area contributed by atoms with E-state index in [0.717, 1.165) is 0 Å². The van der Waals surface area contributed by atoms with E-state index in [1.807, 2.05) is 0 Å². The van der Waals surface area contributed by atoms with Gasteiger partial charge in [-0.2, -0.15) is 0 Å². The van der Waals surface area contributed by atoms with Gasteiger partial charge in [-0.1, -0.05) is 20.8 Å². The highest BCUT2D eigenvalue weighted by atomic mass is 16.6. The highest BCUT2D eigenvalue weighted by Gasteiger charge is 2.80. The summed E-state index contributed by atoms with van der Waals surface area (Å²) in [6.45, 7) is 9.31. The smallest absolute Gasteiger partial charge is 0.305 e. The second-order valence-electron chi connectivity index (χ2n) is 12.2. The lowest BCUT2D eigenvalue weighted by Crippen LogP contribution is -2.64. The third kappa shape index (κ3) is 3.03. The molecule has 4 saturated carbocycles. The molecule has 2 bridgehead atoms. The first-order chi connectivity index (χ1) is 15.5. The van der Waals surface area contributed by atoms with E-state index in [1.165, 1.54) is 6.92 Å². The summed E-state index contributed by atoms with van der Waals surface area (Å²) in [5.74, 6) is -3.34. The quantitative estimate of drug-likeness (QED) is 0.364. The number of fused-ring (bicyclic) bond motifs is 2. The van der Waals surface area contributed by atoms with Crippen molar-refractivity contribution in [3.63, 3.8) is 0 Å². The van der Waals surface area contributed by atoms with Crippen LogP contribution in [0.25, 0.3) is 0 Å². The Hall–Kier alpha value is -1.26. The summed E-state index contributed by atoms with van der Waals surface area (Å²) < 4.78 is 11.7. The Balaban J connectivity index is 2.01. The Morgan fingerprint density at radius 3 is 2.12 bits per heavy atom. The first-order valence-electron chi connectivity index (χ1n) is 12.4. The second-order valence-corrected chi connectivity index (χ2v) is 12.2. The van der Waals surface area contributed by atoms with Crippen molar-refractivity contribution in [3.8, 4) is 0 Å². The molecule has 4 aliphatic rings. The highest BCUT2D eigenvalue weighted by Crippen LogP contribution is 2.71. The van der Waals surface area contributed by atoms with Crippen molar-refractivity contribution in [2.75, 3.05) is 0 Å². The number of ether oxygens (including phenoxy) is 2. The summed E-state index contributed by atoms with van der Waals surface area (Å²) >= 11 is 0. The molecule has 0 heterocycles. The molecule has 11 unspecified atom stereocenters. The van der Waals surface area contributed by atoms with Crippen molar-refractivity contribution < 1.29 is 44.6 Å². The van der Waals surface area contributed by atoms with E-state index < -0.39 is 81.7 Å². The lowest BCUT2D eigenvalue weighted by molar-refractivity contribution is -0.233. The van der Waals surface area contributed by atoms with Gasteiger partial charge in [0, 0.05) is 36.5 Å². The lowest BCUT2D eigenvalue weighted by Gasteiger charge is -2.53. The van der Waals surface area contributed by atoms with Gasteiger partial charge in [-0.25, -0.2) is 0 Å². The Morgan fingerprint density at radius 2 is 1.56 bits per heavy atom. The molecule has 194 valence electrons. The molecule has 4 fully saturated rings. The fourth-order valence-corrected chi connectivity index (χ4v) is 8.47. The lowest BCUT2D eigenvalue weighted by atomic mass is 9.56. The van der Waals surface area contributed by atoms with Crippen molar-refractivity contribution in [3.05, 3.63) is 0 Å². The molecule has 5 N–H and O–H groups in total. The predicted molar refractivity (Wildman–Crippen MR) is 119 cm³/mol. The maximum Gasteiger partial charge on any atom is 0.305 e. The van der Waals surface area contributed by atoms with Gasteiger partial charge in [0.1, 0.15) is 23.9 Å². The molecule has 0 aromatic carbocycles. The summed E-state index contributed by atoms with van der Waals surface area (Å²) in [5, 5.41) is 58.5. The molecule has 34 heavy (non-hydrogen) atoms. The monoisotopic (exact) mass is 484 g/mol. The Bertz CT molecular complexity index is 866. The summed E-state index contributed by atoms with van der Waals surface area (Å²) in [6.07, 6.45) is -4.07. The van der Waals surface area contributed by atoms with Crippen molar-refractivity contribution in [2.45, 2.75) is 115 Å². The van der Waals surface area contributed by atoms with Crippen LogP contribution in [-0.2, 0) is 19.1 Å². The Labute approximate surface area is 200 Å². The number of hydrogen-bond donors (Lipinski definition) is 5. The molecule has 0 radical (unpaired) electrons. The molecule has 11 atom stereocenters. The molecule has 0 aromatic rings. The standard InChI is InChI=1S/C25H40O9/c1-7-17(28)34-19-13-8-9-14-23(6,31)15-10-16(27)21(3,4)25(15,32)18(29)20(33-12(2)26)24(14,19)11-22(13,5)30/h13-16,18-20,27,29-32H,7-11H2,1-6H3. The molecule has 4 aliphatic carbocycles. The van der Waals surface area contributed by atoms with E-state index in [9.17, 15) is 35.1 Å². The number of rotatable bonds is 3. The molecule has 4 rings (SSSR count). The van der Waals surface area contributed by atoms with Crippen LogP contribution >= 0.6 is 0 Å². The molecular formula is C25H40O9. The van der Waals surface area contributed by atoms with Gasteiger partial charge in [0.15, 0.2) is 0 Å². The van der Waals surface area contributed by atoms with Crippen molar-refractivity contribution in [1.29, 1.82) is 0 Å². The van der Waals surface area contributed by atoms with Gasteiger partial charge >= 0.3 is 11.9 Å². The van der Waals surface area contributed by atoms with Crippen LogP contribution in [0.5, 0.6) is 0 Å². The average molecular weight is 485 g/mol. The SMILES string of the molecule is CCC(=O)OC1C2CCC3C(C)(O)C4CC(O)C(C)(C)C4(O)C(O)C(OC(C)=O)C13CC2(C)O. The summed E-state index contributed by atoms with van der Waals surface area (Å²) in [5.41, 5.74) is -7.57. The van der Waals surface area contributed by atoms with Gasteiger partial charge in [0.2, 0.25) is 0 Å². The molecule has 1 spiro atoms. The first-order valence-corrected chi connectivity index (χ1v) is 12.4. The van der Waals surface area contributed by atoms with Gasteiger partial charge in [-0.05, 0) is 39.5 Å². The fourth-order valence-electron chi connectivity index (χ4n) is 8.47. The van der Waals surface area contributed by atoms with Crippen LogP contribution in [0, 0.1) is 28.6 Å². The summed E-state index contributed by atoms with van der Waals surface area (Å²) in [6, 6.07) is 0. The Kier molecular flexibility index (Phi) is 5.79. The number of carbonyl (C=O) groups is 2. The minimum Gasteiger partial charge on any atom is -0.461 e. The fraction of sp³-hybridized carbons (Fsp3) is 0.920. The number of esters is 2. The van der Waals surface area contributed by atoms with E-state index in [0.29, 0.717) is 12.8 Å². The number of aliphatic hydroxyl groups is 5. The minimum atomic E-state index is -2.02. The number of hydrogen-bond acceptors (Lipinski definition) is 9. The zero-order valence-electron chi connectivity index (χ0n) is 20.9. The van der Waals surface area contributed by atoms with Crippen LogP contribution in [0.3, 0.4) is 0 Å². The first kappa shape index (κ1) is 25.8. The maximum atomic E-state index is 12.5. The topological polar surface area (TPSA) is 154 Å². The molecule has 9 nitrogen and oxygen atoms in total. The molecule has 0 amide bonds. The average Bonchev–Trinajstić information content (AvgIpc) is 2.97. The highest BCUT2D eigenvalue weighted by molar-refractivity contribution is 5.69. The van der Waals surface area contributed by atoms with Crippen molar-refractivity contribution in [2.24, 2.45) is 28.6 Å². The van der Waals surface area contributed by atoms with E-state index in [1.54, 1.807) is 34.6 Å². The molecule has 0 saturated heterocycles. The Morgan fingerprint density at radius 1 is 0.941 bits per heavy atom. The van der Waals surface area contributed by atoms with E-state index >= 15 is 0 Å². The predicted octanol–water partition coefficient (Wildman–Crippen LogP) is 0.671. The van der Waals surface area contributed by atoms with Crippen LogP contribution in [0.15, 0.2) is 0 Å². The minimum absolute atomic E-state index is 0.00787. The van der Waals surface area contributed by atoms with Crippen LogP contribution in [0.4, 0.5) is 0 Å². The van der Waals surface area contributed by atoms with Crippen LogP contribution in [0.2, 0.25) is 0 Å². The van der Waals surface area contributed by atoms with Gasteiger partial charge in [-0.15, -0.1) is 0 Å². The molecule has 0 aromatic heterocycles. The van der Waals surface area contributed by atoms with Crippen LogP contribution in [0.1, 0.15) is 73.6 Å². The van der Waals surface area contributed by atoms with Crippen molar-refractivity contribution >= 4 is 11.9 Å². The maximum absolute atomic E-state index is 12.5. The molecular weight excluding hydrogens is 444 g/mol. The summed E-state index contributed by atoms with van der Waals surface area (Å²) in [4.78, 5) is 24.9. The largest absolute Gasteiger partial charge is 0.461 e. The third-order valence-electron chi connectivity index (χ3n) is 10.1. The van der Waals surface area contributed by atoms with Gasteiger partial charge in [0.25, 0.3) is 0 Å². The van der Waals surface area contributed by atoms with E-state index in [-0.39, 0.29) is 19.3 Å². The van der Waals surface area contributed by atoms with E-state index in [4.69, 9.17) is 9.47 Å². The number of aliphatic hydroxyl groups excluding tert-OH is 2. The molecule has 9 heteroatoms. The van der Waals surface area contributed by atoms with Gasteiger partial charge in [-0.3, -0.25) is 9.59 Å². The zero-order chi connectivity index (χ0) is 25.6. The number of carbonyl (C=O) groups excluding carboxylic acids is 2.